The van der Waals surface area contributed by atoms with Crippen molar-refractivity contribution in [3.8, 4) is 5.69 Å². The summed E-state index contributed by atoms with van der Waals surface area (Å²) in [7, 11) is -0.831. The van der Waals surface area contributed by atoms with E-state index in [1.54, 1.807) is 0 Å². The van der Waals surface area contributed by atoms with E-state index in [1.807, 2.05) is 61.9 Å². The molecular weight excluding hydrogens is 268 g/mol. The van der Waals surface area contributed by atoms with Crippen molar-refractivity contribution in [3.05, 3.63) is 59.4 Å². The normalized spacial score (nSPS) is 12.9. The lowest BCUT2D eigenvalue weighted by molar-refractivity contribution is 0.684. The van der Waals surface area contributed by atoms with Crippen LogP contribution in [0.15, 0.2) is 42.5 Å². The minimum atomic E-state index is -0.831. The molecule has 20 heavy (non-hydrogen) atoms. The molecule has 106 valence electrons. The minimum Gasteiger partial charge on any atom is -0.259 e. The van der Waals surface area contributed by atoms with Gasteiger partial charge in [-0.3, -0.25) is 4.21 Å². The van der Waals surface area contributed by atoms with E-state index >= 15 is 0 Å². The fourth-order valence-electron chi connectivity index (χ4n) is 2.07. The quantitative estimate of drug-likeness (QED) is 0.791. The fourth-order valence-corrected chi connectivity index (χ4v) is 3.16. The number of allylic oxidation sites excluding steroid dienone is 1. The Balaban J connectivity index is 2.10. The molecule has 0 aliphatic carbocycles. The van der Waals surface area contributed by atoms with Crippen molar-refractivity contribution < 1.29 is 4.21 Å². The van der Waals surface area contributed by atoms with Crippen LogP contribution in [-0.4, -0.2) is 19.7 Å². The van der Waals surface area contributed by atoms with Crippen molar-refractivity contribution >= 4 is 10.8 Å². The summed E-state index contributed by atoms with van der Waals surface area (Å²) in [4.78, 5) is 0. The van der Waals surface area contributed by atoms with Crippen molar-refractivity contribution in [2.45, 2.75) is 26.5 Å². The highest BCUT2D eigenvalue weighted by Gasteiger charge is 2.04. The third-order valence-corrected chi connectivity index (χ3v) is 4.26. The zero-order valence-electron chi connectivity index (χ0n) is 12.2. The maximum Gasteiger partial charge on any atom is 0.0648 e. The van der Waals surface area contributed by atoms with Gasteiger partial charge in [0.1, 0.15) is 0 Å². The molecule has 0 radical (unpaired) electrons. The molecule has 2 aromatic rings. The van der Waals surface area contributed by atoms with E-state index in [1.165, 1.54) is 0 Å². The van der Waals surface area contributed by atoms with Crippen LogP contribution in [0.5, 0.6) is 0 Å². The van der Waals surface area contributed by atoms with Crippen LogP contribution in [0.2, 0.25) is 0 Å². The molecule has 0 saturated carbocycles. The molecule has 1 heterocycles. The fraction of sp³-hybridized carbons (Fsp3) is 0.312. The summed E-state index contributed by atoms with van der Waals surface area (Å²) in [6.07, 6.45) is 3.88. The first-order valence-corrected chi connectivity index (χ1v) is 8.17. The Bertz CT molecular complexity index is 626. The summed E-state index contributed by atoms with van der Waals surface area (Å²) >= 11 is 0. The van der Waals surface area contributed by atoms with E-state index in [-0.39, 0.29) is 0 Å². The molecule has 0 aliphatic heterocycles. The Kier molecular flexibility index (Phi) is 4.90. The number of hydrogen-bond donors (Lipinski definition) is 0. The van der Waals surface area contributed by atoms with Gasteiger partial charge in [-0.15, -0.1) is 0 Å². The molecule has 3 nitrogen and oxygen atoms in total. The van der Waals surface area contributed by atoms with Crippen LogP contribution in [-0.2, 0) is 16.6 Å². The van der Waals surface area contributed by atoms with E-state index in [0.717, 1.165) is 22.6 Å². The van der Waals surface area contributed by atoms with Crippen LogP contribution in [0.25, 0.3) is 5.69 Å². The van der Waals surface area contributed by atoms with Gasteiger partial charge >= 0.3 is 0 Å². The van der Waals surface area contributed by atoms with Crippen LogP contribution in [0.4, 0.5) is 0 Å². The Morgan fingerprint density at radius 3 is 2.50 bits per heavy atom. The number of rotatable bonds is 5. The van der Waals surface area contributed by atoms with E-state index in [9.17, 15) is 4.21 Å². The summed E-state index contributed by atoms with van der Waals surface area (Å²) in [5.74, 6) is 1.22. The van der Waals surface area contributed by atoms with Crippen LogP contribution >= 0.6 is 0 Å². The molecule has 0 amide bonds. The van der Waals surface area contributed by atoms with Gasteiger partial charge in [-0.1, -0.05) is 24.3 Å². The second-order valence-electron chi connectivity index (χ2n) is 4.83. The smallest absolute Gasteiger partial charge is 0.0648 e. The van der Waals surface area contributed by atoms with Crippen LogP contribution in [0, 0.1) is 13.8 Å². The monoisotopic (exact) mass is 288 g/mol. The van der Waals surface area contributed by atoms with Crippen molar-refractivity contribution in [1.29, 1.82) is 0 Å². The molecule has 1 atom stereocenters. The predicted molar refractivity (Wildman–Crippen MR) is 84.6 cm³/mol. The number of nitrogens with zero attached hydrogens (tertiary/aromatic N) is 2. The van der Waals surface area contributed by atoms with Crippen LogP contribution < -0.4 is 0 Å². The largest absolute Gasteiger partial charge is 0.259 e. The molecule has 0 spiro atoms. The van der Waals surface area contributed by atoms with Crippen molar-refractivity contribution in [1.82, 2.24) is 9.78 Å². The maximum atomic E-state index is 11.8. The molecule has 0 N–H and O–H groups in total. The lowest BCUT2D eigenvalue weighted by Gasteiger charge is -2.06. The molecular formula is C16H20N2OS. The van der Waals surface area contributed by atoms with Gasteiger partial charge < -0.3 is 0 Å². The molecule has 1 aromatic carbocycles. The zero-order chi connectivity index (χ0) is 14.5. The lowest BCUT2D eigenvalue weighted by Crippen LogP contribution is -2.01. The number of aryl methyl sites for hydroxylation is 2. The minimum absolute atomic E-state index is 0.599. The summed E-state index contributed by atoms with van der Waals surface area (Å²) in [5, 5.41) is 4.46. The SMILES string of the molecule is C/C=C/CS(=O)Cc1ccc(-n2nc(C)cc2C)cc1. The zero-order valence-corrected chi connectivity index (χ0v) is 13.0. The molecule has 2 rings (SSSR count). The van der Waals surface area contributed by atoms with E-state index in [0.29, 0.717) is 11.5 Å². The molecule has 1 aromatic heterocycles. The van der Waals surface area contributed by atoms with Gasteiger partial charge in [0.15, 0.2) is 0 Å². The van der Waals surface area contributed by atoms with Crippen LogP contribution in [0.1, 0.15) is 23.9 Å². The number of aromatic nitrogens is 2. The first kappa shape index (κ1) is 14.7. The Morgan fingerprint density at radius 1 is 1.25 bits per heavy atom. The second kappa shape index (κ2) is 6.66. The molecule has 0 aliphatic rings. The van der Waals surface area contributed by atoms with Gasteiger partial charge in [0.2, 0.25) is 0 Å². The molecule has 0 fully saturated rings. The summed E-state index contributed by atoms with van der Waals surface area (Å²) in [6, 6.07) is 10.2. The average molecular weight is 288 g/mol. The highest BCUT2D eigenvalue weighted by atomic mass is 32.2. The summed E-state index contributed by atoms with van der Waals surface area (Å²) in [6.45, 7) is 5.97. The van der Waals surface area contributed by atoms with E-state index < -0.39 is 10.8 Å². The summed E-state index contributed by atoms with van der Waals surface area (Å²) in [5.41, 5.74) is 4.27. The Hall–Kier alpha value is -1.68. The van der Waals surface area contributed by atoms with Crippen molar-refractivity contribution in [2.75, 3.05) is 5.75 Å². The van der Waals surface area contributed by atoms with Gasteiger partial charge in [-0.2, -0.15) is 5.10 Å². The van der Waals surface area contributed by atoms with Gasteiger partial charge in [0.05, 0.1) is 11.4 Å². The van der Waals surface area contributed by atoms with Crippen molar-refractivity contribution in [2.24, 2.45) is 0 Å². The number of hydrogen-bond acceptors (Lipinski definition) is 2. The number of benzene rings is 1. The molecule has 0 saturated heterocycles. The van der Waals surface area contributed by atoms with Crippen LogP contribution in [0.3, 0.4) is 0 Å². The third kappa shape index (κ3) is 3.67. The predicted octanol–water partition coefficient (Wildman–Crippen LogP) is 3.31. The average Bonchev–Trinajstić information content (AvgIpc) is 2.76. The van der Waals surface area contributed by atoms with Gasteiger partial charge in [-0.05, 0) is 44.5 Å². The van der Waals surface area contributed by atoms with Gasteiger partial charge in [0.25, 0.3) is 0 Å². The molecule has 1 unspecified atom stereocenters. The van der Waals surface area contributed by atoms with E-state index in [4.69, 9.17) is 0 Å². The highest BCUT2D eigenvalue weighted by Crippen LogP contribution is 2.14. The first-order chi connectivity index (χ1) is 9.60. The molecule has 4 heteroatoms. The second-order valence-corrected chi connectivity index (χ2v) is 6.33. The van der Waals surface area contributed by atoms with Gasteiger partial charge in [0, 0.05) is 28.0 Å². The van der Waals surface area contributed by atoms with E-state index in [2.05, 4.69) is 11.2 Å². The lowest BCUT2D eigenvalue weighted by atomic mass is 10.2. The Morgan fingerprint density at radius 2 is 1.95 bits per heavy atom. The standard InChI is InChI=1S/C16H20N2OS/c1-4-5-10-20(19)12-15-6-8-16(9-7-15)18-14(3)11-13(2)17-18/h4-9,11H,10,12H2,1-3H3/b5-4+. The molecule has 0 bridgehead atoms. The highest BCUT2D eigenvalue weighted by molar-refractivity contribution is 7.84. The summed E-state index contributed by atoms with van der Waals surface area (Å²) < 4.78 is 13.8. The maximum absolute atomic E-state index is 11.8. The van der Waals surface area contributed by atoms with Gasteiger partial charge in [-0.25, -0.2) is 4.68 Å². The Labute approximate surface area is 122 Å². The van der Waals surface area contributed by atoms with Crippen molar-refractivity contribution in [3.63, 3.8) is 0 Å². The third-order valence-electron chi connectivity index (χ3n) is 3.04. The topological polar surface area (TPSA) is 34.9 Å². The first-order valence-electron chi connectivity index (χ1n) is 6.69.